The zero-order valence-corrected chi connectivity index (χ0v) is 10.8. The van der Waals surface area contributed by atoms with Gasteiger partial charge in [-0.1, -0.05) is 37.3 Å². The molecular formula is C13H18N2OS. The number of nitrogens with zero attached hydrogens (tertiary/aromatic N) is 1. The summed E-state index contributed by atoms with van der Waals surface area (Å²) in [5.41, 5.74) is 6.69. The highest BCUT2D eigenvalue weighted by Crippen LogP contribution is 2.35. The fourth-order valence-electron chi connectivity index (χ4n) is 2.32. The summed E-state index contributed by atoms with van der Waals surface area (Å²) >= 11 is 1.92. The van der Waals surface area contributed by atoms with Crippen molar-refractivity contribution in [3.8, 4) is 0 Å². The van der Waals surface area contributed by atoms with Crippen LogP contribution < -0.4 is 5.73 Å². The summed E-state index contributed by atoms with van der Waals surface area (Å²) < 4.78 is 0. The predicted octanol–water partition coefficient (Wildman–Crippen LogP) is 1.65. The van der Waals surface area contributed by atoms with Gasteiger partial charge >= 0.3 is 0 Å². The van der Waals surface area contributed by atoms with Crippen molar-refractivity contribution in [1.29, 1.82) is 0 Å². The van der Waals surface area contributed by atoms with Gasteiger partial charge in [0.25, 0.3) is 0 Å². The summed E-state index contributed by atoms with van der Waals surface area (Å²) in [4.78, 5) is 13.8. The minimum atomic E-state index is 0.0472. The zero-order valence-electron chi connectivity index (χ0n) is 10.0. The van der Waals surface area contributed by atoms with Crippen molar-refractivity contribution < 1.29 is 4.79 Å². The molecule has 1 aromatic rings. The van der Waals surface area contributed by atoms with Gasteiger partial charge in [-0.2, -0.15) is 11.8 Å². The summed E-state index contributed by atoms with van der Waals surface area (Å²) in [6.07, 6.45) is 0. The Kier molecular flexibility index (Phi) is 4.07. The molecular weight excluding hydrogens is 232 g/mol. The molecule has 2 N–H and O–H groups in total. The van der Waals surface area contributed by atoms with Gasteiger partial charge in [0, 0.05) is 17.5 Å². The van der Waals surface area contributed by atoms with Gasteiger partial charge in [-0.3, -0.25) is 4.79 Å². The molecule has 0 spiro atoms. The number of amides is 1. The Morgan fingerprint density at radius 1 is 1.47 bits per heavy atom. The summed E-state index contributed by atoms with van der Waals surface area (Å²) in [5, 5.41) is 0.418. The zero-order chi connectivity index (χ0) is 12.3. The Balaban J connectivity index is 2.28. The monoisotopic (exact) mass is 250 g/mol. The van der Waals surface area contributed by atoms with E-state index >= 15 is 0 Å². The number of thioether (sulfide) groups is 1. The van der Waals surface area contributed by atoms with Crippen molar-refractivity contribution in [2.75, 3.05) is 18.8 Å². The Labute approximate surface area is 106 Å². The first-order chi connectivity index (χ1) is 8.24. The lowest BCUT2D eigenvalue weighted by molar-refractivity contribution is -0.132. The summed E-state index contributed by atoms with van der Waals surface area (Å²) in [6, 6.07) is 10.4. The molecule has 1 aliphatic rings. The van der Waals surface area contributed by atoms with Crippen LogP contribution in [0.4, 0.5) is 0 Å². The molecule has 1 aromatic carbocycles. The van der Waals surface area contributed by atoms with E-state index in [2.05, 4.69) is 19.1 Å². The molecule has 92 valence electrons. The smallest absolute Gasteiger partial charge is 0.236 e. The SMILES string of the molecule is CC1SCCN(C(=O)CN)C1c1ccccc1. The first kappa shape index (κ1) is 12.5. The minimum absolute atomic E-state index is 0.0472. The van der Waals surface area contributed by atoms with Crippen LogP contribution in [0.25, 0.3) is 0 Å². The van der Waals surface area contributed by atoms with E-state index < -0.39 is 0 Å². The molecule has 2 rings (SSSR count). The van der Waals surface area contributed by atoms with Crippen LogP contribution in [-0.4, -0.2) is 34.9 Å². The van der Waals surface area contributed by atoms with Crippen LogP contribution in [0.1, 0.15) is 18.5 Å². The van der Waals surface area contributed by atoms with E-state index in [1.165, 1.54) is 5.56 Å². The Morgan fingerprint density at radius 3 is 2.82 bits per heavy atom. The molecule has 17 heavy (non-hydrogen) atoms. The van der Waals surface area contributed by atoms with Gasteiger partial charge in [0.1, 0.15) is 0 Å². The molecule has 2 atom stereocenters. The second-order valence-corrected chi connectivity index (χ2v) is 5.71. The van der Waals surface area contributed by atoms with Gasteiger partial charge < -0.3 is 10.6 Å². The van der Waals surface area contributed by atoms with Crippen LogP contribution in [-0.2, 0) is 4.79 Å². The predicted molar refractivity (Wildman–Crippen MR) is 71.9 cm³/mol. The van der Waals surface area contributed by atoms with E-state index in [1.54, 1.807) is 0 Å². The van der Waals surface area contributed by atoms with Crippen molar-refractivity contribution in [3.63, 3.8) is 0 Å². The van der Waals surface area contributed by atoms with Crippen LogP contribution in [0.2, 0.25) is 0 Å². The standard InChI is InChI=1S/C13H18N2OS/c1-10-13(11-5-3-2-4-6-11)15(7-8-17-10)12(16)9-14/h2-6,10,13H,7-9,14H2,1H3. The van der Waals surface area contributed by atoms with Gasteiger partial charge in [-0.25, -0.2) is 0 Å². The largest absolute Gasteiger partial charge is 0.333 e. The number of rotatable bonds is 2. The molecule has 1 saturated heterocycles. The lowest BCUT2D eigenvalue weighted by atomic mass is 10.0. The van der Waals surface area contributed by atoms with Gasteiger partial charge in [-0.05, 0) is 5.56 Å². The fraction of sp³-hybridized carbons (Fsp3) is 0.462. The van der Waals surface area contributed by atoms with Crippen LogP contribution in [0.5, 0.6) is 0 Å². The van der Waals surface area contributed by atoms with E-state index in [0.29, 0.717) is 5.25 Å². The second-order valence-electron chi connectivity index (χ2n) is 4.22. The molecule has 0 saturated carbocycles. The van der Waals surface area contributed by atoms with E-state index in [9.17, 15) is 4.79 Å². The average molecular weight is 250 g/mol. The van der Waals surface area contributed by atoms with Crippen LogP contribution in [0, 0.1) is 0 Å². The normalized spacial score (nSPS) is 24.7. The molecule has 2 unspecified atom stereocenters. The Hall–Kier alpha value is -1.00. The van der Waals surface area contributed by atoms with E-state index in [-0.39, 0.29) is 18.5 Å². The molecule has 0 bridgehead atoms. The van der Waals surface area contributed by atoms with Crippen molar-refractivity contribution >= 4 is 17.7 Å². The number of carbonyl (C=O) groups is 1. The number of hydrogen-bond donors (Lipinski definition) is 1. The highest BCUT2D eigenvalue weighted by molar-refractivity contribution is 8.00. The van der Waals surface area contributed by atoms with Gasteiger partial charge in [-0.15, -0.1) is 0 Å². The Bertz CT molecular complexity index is 382. The molecule has 1 heterocycles. The van der Waals surface area contributed by atoms with Crippen molar-refractivity contribution in [2.24, 2.45) is 5.73 Å². The van der Waals surface area contributed by atoms with E-state index in [0.717, 1.165) is 12.3 Å². The molecule has 1 fully saturated rings. The molecule has 1 aliphatic heterocycles. The second kappa shape index (κ2) is 5.56. The minimum Gasteiger partial charge on any atom is -0.333 e. The van der Waals surface area contributed by atoms with Crippen LogP contribution >= 0.6 is 11.8 Å². The molecule has 0 aliphatic carbocycles. The lowest BCUT2D eigenvalue weighted by Gasteiger charge is -2.39. The first-order valence-electron chi connectivity index (χ1n) is 5.90. The van der Waals surface area contributed by atoms with Crippen molar-refractivity contribution in [3.05, 3.63) is 35.9 Å². The summed E-state index contributed by atoms with van der Waals surface area (Å²) in [7, 11) is 0. The third-order valence-electron chi connectivity index (χ3n) is 3.13. The van der Waals surface area contributed by atoms with Crippen molar-refractivity contribution in [1.82, 2.24) is 4.90 Å². The third kappa shape index (κ3) is 2.64. The highest BCUT2D eigenvalue weighted by Gasteiger charge is 2.32. The molecule has 0 radical (unpaired) electrons. The maximum absolute atomic E-state index is 11.9. The summed E-state index contributed by atoms with van der Waals surface area (Å²) in [5.74, 6) is 1.04. The molecule has 4 heteroatoms. The Morgan fingerprint density at radius 2 is 2.18 bits per heavy atom. The lowest BCUT2D eigenvalue weighted by Crippen LogP contribution is -2.46. The number of hydrogen-bond acceptors (Lipinski definition) is 3. The topological polar surface area (TPSA) is 46.3 Å². The third-order valence-corrected chi connectivity index (χ3v) is 4.33. The first-order valence-corrected chi connectivity index (χ1v) is 6.95. The number of nitrogens with two attached hydrogens (primary N) is 1. The fourth-order valence-corrected chi connectivity index (χ4v) is 3.48. The molecule has 3 nitrogen and oxygen atoms in total. The molecule has 0 aromatic heterocycles. The maximum Gasteiger partial charge on any atom is 0.236 e. The van der Waals surface area contributed by atoms with Gasteiger partial charge in [0.2, 0.25) is 5.91 Å². The number of benzene rings is 1. The van der Waals surface area contributed by atoms with Gasteiger partial charge in [0.15, 0.2) is 0 Å². The number of carbonyl (C=O) groups excluding carboxylic acids is 1. The van der Waals surface area contributed by atoms with E-state index in [4.69, 9.17) is 5.73 Å². The van der Waals surface area contributed by atoms with Crippen LogP contribution in [0.3, 0.4) is 0 Å². The summed E-state index contributed by atoms with van der Waals surface area (Å²) in [6.45, 7) is 3.07. The average Bonchev–Trinajstić information content (AvgIpc) is 2.38. The van der Waals surface area contributed by atoms with Crippen LogP contribution in [0.15, 0.2) is 30.3 Å². The van der Waals surface area contributed by atoms with Crippen molar-refractivity contribution in [2.45, 2.75) is 18.2 Å². The maximum atomic E-state index is 11.9. The van der Waals surface area contributed by atoms with Gasteiger partial charge in [0.05, 0.1) is 12.6 Å². The quantitative estimate of drug-likeness (QED) is 0.868. The van der Waals surface area contributed by atoms with E-state index in [1.807, 2.05) is 34.9 Å². The highest BCUT2D eigenvalue weighted by atomic mass is 32.2. The molecule has 1 amide bonds.